The number of aromatic amines is 1. The molecule has 1 aromatic heterocycles. The van der Waals surface area contributed by atoms with Gasteiger partial charge in [-0.1, -0.05) is 18.2 Å². The Labute approximate surface area is 228 Å². The number of amides is 4. The number of fused-ring (bicyclic) bond motifs is 6. The second-order valence-corrected chi connectivity index (χ2v) is 9.73. The van der Waals surface area contributed by atoms with Crippen LogP contribution in [0.15, 0.2) is 29.3 Å². The van der Waals surface area contributed by atoms with Crippen LogP contribution in [0.2, 0.25) is 0 Å². The van der Waals surface area contributed by atoms with Gasteiger partial charge in [-0.15, -0.1) is 0 Å². The molecule has 1 fully saturated rings. The Kier molecular flexibility index (Phi) is 8.83. The number of carbonyl (C=O) groups is 5. The van der Waals surface area contributed by atoms with E-state index in [2.05, 4.69) is 36.6 Å². The molecule has 4 amide bonds. The molecule has 2 bridgehead atoms. The van der Waals surface area contributed by atoms with Gasteiger partial charge in [0, 0.05) is 29.7 Å². The number of nitrogens with zero attached hydrogens (tertiary/aromatic N) is 1. The van der Waals surface area contributed by atoms with Crippen LogP contribution in [-0.2, 0) is 30.4 Å². The summed E-state index contributed by atoms with van der Waals surface area (Å²) in [4.78, 5) is 70.5. The lowest BCUT2D eigenvalue weighted by molar-refractivity contribution is -0.140. The number of nitrogens with two attached hydrogens (primary N) is 2. The van der Waals surface area contributed by atoms with Crippen LogP contribution in [-0.4, -0.2) is 83.4 Å². The fourth-order valence-corrected chi connectivity index (χ4v) is 4.95. The van der Waals surface area contributed by atoms with E-state index in [1.807, 2.05) is 24.3 Å². The molecule has 0 saturated carbocycles. The van der Waals surface area contributed by atoms with Gasteiger partial charge in [-0.05, 0) is 30.9 Å². The van der Waals surface area contributed by atoms with Crippen molar-refractivity contribution in [3.63, 3.8) is 0 Å². The van der Waals surface area contributed by atoms with Crippen molar-refractivity contribution in [2.24, 2.45) is 16.5 Å². The maximum absolute atomic E-state index is 13.5. The first-order valence-corrected chi connectivity index (χ1v) is 12.9. The molecule has 2 aromatic rings. The molecule has 1 saturated heterocycles. The molecule has 214 valence electrons. The van der Waals surface area contributed by atoms with E-state index in [1.165, 1.54) is 0 Å². The zero-order valence-corrected chi connectivity index (χ0v) is 21.7. The van der Waals surface area contributed by atoms with Crippen molar-refractivity contribution in [2.75, 3.05) is 19.6 Å². The average Bonchev–Trinajstić information content (AvgIpc) is 3.29. The molecule has 1 aromatic carbocycles. The molecule has 2 aliphatic rings. The normalized spacial score (nSPS) is 23.9. The molecule has 0 radical (unpaired) electrons. The minimum atomic E-state index is -1.37. The van der Waals surface area contributed by atoms with Gasteiger partial charge >= 0.3 is 5.97 Å². The second-order valence-electron chi connectivity index (χ2n) is 9.73. The van der Waals surface area contributed by atoms with Crippen LogP contribution in [0.1, 0.15) is 36.6 Å². The third kappa shape index (κ3) is 6.85. The number of hydrogen-bond acceptors (Lipinski definition) is 7. The Morgan fingerprint density at radius 3 is 2.48 bits per heavy atom. The fourth-order valence-electron chi connectivity index (χ4n) is 4.95. The van der Waals surface area contributed by atoms with E-state index in [9.17, 15) is 29.1 Å². The first-order chi connectivity index (χ1) is 19.1. The number of para-hydroxylation sites is 1. The summed E-state index contributed by atoms with van der Waals surface area (Å²) in [5.74, 6) is -3.91. The summed E-state index contributed by atoms with van der Waals surface area (Å²) in [5.41, 5.74) is 13.3. The number of aliphatic imine (C=N–C) groups is 1. The summed E-state index contributed by atoms with van der Waals surface area (Å²) in [6.07, 6.45) is 0.220. The molecule has 0 aliphatic carbocycles. The maximum Gasteiger partial charge on any atom is 0.305 e. The molecule has 40 heavy (non-hydrogen) atoms. The second kappa shape index (κ2) is 12.5. The Balaban J connectivity index is 1.65. The van der Waals surface area contributed by atoms with Crippen molar-refractivity contribution in [1.29, 1.82) is 0 Å². The van der Waals surface area contributed by atoms with E-state index in [0.717, 1.165) is 22.2 Å². The first-order valence-electron chi connectivity index (χ1n) is 12.9. The van der Waals surface area contributed by atoms with Crippen molar-refractivity contribution < 1.29 is 29.1 Å². The highest BCUT2D eigenvalue weighted by Crippen LogP contribution is 2.31. The summed E-state index contributed by atoms with van der Waals surface area (Å²) in [7, 11) is 0. The van der Waals surface area contributed by atoms with Gasteiger partial charge in [0.2, 0.25) is 23.6 Å². The van der Waals surface area contributed by atoms with Crippen LogP contribution < -0.4 is 38.1 Å². The molecule has 0 spiro atoms. The number of nitrogens with one attached hydrogen (secondary N) is 6. The third-order valence-corrected chi connectivity index (χ3v) is 6.83. The minimum absolute atomic E-state index is 0.00749. The average molecular weight is 556 g/mol. The van der Waals surface area contributed by atoms with E-state index in [4.69, 9.17) is 11.5 Å². The van der Waals surface area contributed by atoms with Gasteiger partial charge in [-0.25, -0.2) is 0 Å². The zero-order valence-electron chi connectivity index (χ0n) is 21.7. The van der Waals surface area contributed by atoms with Gasteiger partial charge in [0.1, 0.15) is 12.1 Å². The van der Waals surface area contributed by atoms with E-state index in [1.54, 1.807) is 0 Å². The fraction of sp³-hybridized carbons (Fsp3) is 0.440. The van der Waals surface area contributed by atoms with Gasteiger partial charge < -0.3 is 42.8 Å². The van der Waals surface area contributed by atoms with Crippen LogP contribution in [0.3, 0.4) is 0 Å². The molecule has 15 heteroatoms. The topological polar surface area (TPSA) is 246 Å². The number of carbonyl (C=O) groups excluding carboxylic acids is 4. The largest absolute Gasteiger partial charge is 0.481 e. The predicted molar refractivity (Wildman–Crippen MR) is 144 cm³/mol. The van der Waals surface area contributed by atoms with Crippen LogP contribution in [0.25, 0.3) is 10.9 Å². The van der Waals surface area contributed by atoms with Gasteiger partial charge in [-0.2, -0.15) is 0 Å². The SMILES string of the molecule is NC(N)=NCCC[C@@H]1NC(=O)[C@@H]2Cc3c([nH]c4ccccc34)[C@H](CNC(=O)[C@H](CC(=O)O)NC(=O)CNC1=O)N2. The van der Waals surface area contributed by atoms with E-state index in [0.29, 0.717) is 12.8 Å². The molecule has 15 nitrogen and oxygen atoms in total. The van der Waals surface area contributed by atoms with Crippen molar-refractivity contribution in [2.45, 2.75) is 49.9 Å². The highest BCUT2D eigenvalue weighted by atomic mass is 16.4. The predicted octanol–water partition coefficient (Wildman–Crippen LogP) is -2.53. The summed E-state index contributed by atoms with van der Waals surface area (Å²) in [5, 5.41) is 23.7. The number of aromatic nitrogens is 1. The lowest BCUT2D eigenvalue weighted by Gasteiger charge is -2.32. The van der Waals surface area contributed by atoms with Crippen LogP contribution in [0.5, 0.6) is 0 Å². The first kappa shape index (κ1) is 28.4. The highest BCUT2D eigenvalue weighted by molar-refractivity contribution is 5.95. The molecule has 4 rings (SSSR count). The van der Waals surface area contributed by atoms with Gasteiger partial charge in [0.05, 0.1) is 25.0 Å². The van der Waals surface area contributed by atoms with Crippen LogP contribution in [0, 0.1) is 0 Å². The van der Waals surface area contributed by atoms with Crippen molar-refractivity contribution >= 4 is 46.5 Å². The smallest absolute Gasteiger partial charge is 0.305 e. The standard InChI is InChI=1S/C25H33N9O6/c26-25(27)28-7-3-6-15-22(38)30-11-19(35)32-17(9-20(36)37)23(39)29-10-18-21-13(8-16(31-18)24(40)34-15)12-4-1-2-5-14(12)33-21/h1-2,4-5,15-18,31,33H,3,6-11H2,(H,29,39)(H,30,38)(H,32,35)(H,34,40)(H,36,37)(H4,26,27,28)/t15-,16-,17-,18-/m0/s1. The summed E-state index contributed by atoms with van der Waals surface area (Å²) in [6, 6.07) is 3.93. The molecule has 0 unspecified atom stereocenters. The molecule has 4 atom stereocenters. The van der Waals surface area contributed by atoms with Gasteiger partial charge in [-0.3, -0.25) is 34.3 Å². The molecular weight excluding hydrogens is 522 g/mol. The number of carboxylic acids is 1. The van der Waals surface area contributed by atoms with Crippen molar-refractivity contribution in [3.05, 3.63) is 35.5 Å². The Morgan fingerprint density at radius 1 is 0.975 bits per heavy atom. The summed E-state index contributed by atoms with van der Waals surface area (Å²) < 4.78 is 0. The monoisotopic (exact) mass is 555 g/mol. The number of hydrogen-bond donors (Lipinski definition) is 9. The van der Waals surface area contributed by atoms with Gasteiger partial charge in [0.15, 0.2) is 5.96 Å². The lowest BCUT2D eigenvalue weighted by Crippen LogP contribution is -2.56. The molecule has 3 heterocycles. The number of H-pyrrole nitrogens is 1. The van der Waals surface area contributed by atoms with Gasteiger partial charge in [0.25, 0.3) is 0 Å². The number of carboxylic acid groups (broad SMARTS) is 1. The zero-order chi connectivity index (χ0) is 28.8. The van der Waals surface area contributed by atoms with Crippen molar-refractivity contribution in [1.82, 2.24) is 31.6 Å². The summed E-state index contributed by atoms with van der Waals surface area (Å²) >= 11 is 0. The third-order valence-electron chi connectivity index (χ3n) is 6.83. The maximum atomic E-state index is 13.5. The Morgan fingerprint density at radius 2 is 1.73 bits per heavy atom. The van der Waals surface area contributed by atoms with Crippen molar-refractivity contribution in [3.8, 4) is 0 Å². The number of aliphatic carboxylic acids is 1. The summed E-state index contributed by atoms with van der Waals surface area (Å²) in [6.45, 7) is -0.285. The Hall–Kier alpha value is -4.66. The van der Waals surface area contributed by atoms with Crippen LogP contribution >= 0.6 is 0 Å². The number of benzene rings is 1. The number of guanidine groups is 1. The molecule has 2 aliphatic heterocycles. The lowest BCUT2D eigenvalue weighted by atomic mass is 9.93. The van der Waals surface area contributed by atoms with Crippen LogP contribution in [0.4, 0.5) is 0 Å². The Bertz CT molecular complexity index is 1340. The quantitative estimate of drug-likeness (QED) is 0.103. The minimum Gasteiger partial charge on any atom is -0.481 e. The highest BCUT2D eigenvalue weighted by Gasteiger charge is 2.36. The molecule has 11 N–H and O–H groups in total. The van der Waals surface area contributed by atoms with E-state index < -0.39 is 66.7 Å². The van der Waals surface area contributed by atoms with E-state index >= 15 is 0 Å². The molecular formula is C25H33N9O6. The number of rotatable bonds is 6. The van der Waals surface area contributed by atoms with E-state index in [-0.39, 0.29) is 25.5 Å².